The molecule has 20 heavy (non-hydrogen) atoms. The molecule has 0 aliphatic heterocycles. The summed E-state index contributed by atoms with van der Waals surface area (Å²) in [5.74, 6) is 0. The molecule has 6 heteroatoms. The maximum atomic E-state index is 5.62. The van der Waals surface area contributed by atoms with Crippen LogP contribution < -0.4 is 10.6 Å². The highest BCUT2D eigenvalue weighted by molar-refractivity contribution is 5.52. The highest BCUT2D eigenvalue weighted by atomic mass is 16.5. The van der Waals surface area contributed by atoms with E-state index in [0.717, 1.165) is 30.1 Å². The summed E-state index contributed by atoms with van der Waals surface area (Å²) in [5.41, 5.74) is 8.54. The Labute approximate surface area is 119 Å². The van der Waals surface area contributed by atoms with E-state index in [4.69, 9.17) is 15.2 Å². The highest BCUT2D eigenvalue weighted by Crippen LogP contribution is 2.16. The van der Waals surface area contributed by atoms with Gasteiger partial charge < -0.3 is 24.5 Å². The van der Waals surface area contributed by atoms with E-state index in [0.29, 0.717) is 19.8 Å². The Morgan fingerprint density at radius 3 is 2.45 bits per heavy atom. The van der Waals surface area contributed by atoms with Crippen molar-refractivity contribution in [1.82, 2.24) is 9.38 Å². The second-order valence-corrected chi connectivity index (χ2v) is 4.56. The lowest BCUT2D eigenvalue weighted by molar-refractivity contribution is 0.190. The normalized spacial score (nSPS) is 11.2. The van der Waals surface area contributed by atoms with Crippen LogP contribution in [-0.2, 0) is 16.0 Å². The molecule has 0 saturated heterocycles. The number of fused-ring (bicyclic) bond motifs is 1. The van der Waals surface area contributed by atoms with Gasteiger partial charge in [-0.15, -0.1) is 0 Å². The van der Waals surface area contributed by atoms with Gasteiger partial charge >= 0.3 is 0 Å². The summed E-state index contributed by atoms with van der Waals surface area (Å²) >= 11 is 0. The van der Waals surface area contributed by atoms with Gasteiger partial charge in [-0.3, -0.25) is 0 Å². The van der Waals surface area contributed by atoms with Gasteiger partial charge in [0, 0.05) is 46.2 Å². The van der Waals surface area contributed by atoms with Crippen LogP contribution in [0.4, 0.5) is 5.69 Å². The number of pyridine rings is 1. The second kappa shape index (κ2) is 7.23. The van der Waals surface area contributed by atoms with Crippen LogP contribution in [0.25, 0.3) is 5.65 Å². The average molecular weight is 278 g/mol. The van der Waals surface area contributed by atoms with Crippen molar-refractivity contribution in [2.24, 2.45) is 5.73 Å². The number of anilines is 1. The first kappa shape index (κ1) is 14.8. The van der Waals surface area contributed by atoms with Crippen molar-refractivity contribution < 1.29 is 9.47 Å². The molecule has 0 bridgehead atoms. The fourth-order valence-electron chi connectivity index (χ4n) is 2.09. The molecule has 0 atom stereocenters. The lowest BCUT2D eigenvalue weighted by atomic mass is 10.3. The zero-order valence-electron chi connectivity index (χ0n) is 12.1. The topological polar surface area (TPSA) is 65.0 Å². The zero-order chi connectivity index (χ0) is 14.4. The molecule has 6 nitrogen and oxygen atoms in total. The van der Waals surface area contributed by atoms with Crippen molar-refractivity contribution >= 4 is 11.3 Å². The first-order chi connectivity index (χ1) is 9.78. The molecule has 2 aromatic rings. The monoisotopic (exact) mass is 278 g/mol. The molecule has 110 valence electrons. The molecule has 0 spiro atoms. The summed E-state index contributed by atoms with van der Waals surface area (Å²) in [7, 11) is 3.42. The van der Waals surface area contributed by atoms with Crippen LogP contribution in [-0.4, -0.2) is 49.9 Å². The van der Waals surface area contributed by atoms with E-state index in [9.17, 15) is 0 Å². The van der Waals surface area contributed by atoms with E-state index in [2.05, 4.69) is 22.1 Å². The third-order valence-electron chi connectivity index (χ3n) is 3.19. The minimum atomic E-state index is 0.452. The Balaban J connectivity index is 2.21. The van der Waals surface area contributed by atoms with Crippen LogP contribution in [0.5, 0.6) is 0 Å². The molecule has 2 aromatic heterocycles. The summed E-state index contributed by atoms with van der Waals surface area (Å²) in [6, 6.07) is 4.06. The van der Waals surface area contributed by atoms with Crippen molar-refractivity contribution in [1.29, 1.82) is 0 Å². The minimum Gasteiger partial charge on any atom is -0.383 e. The molecule has 0 fully saturated rings. The van der Waals surface area contributed by atoms with Crippen LogP contribution in [0.2, 0.25) is 0 Å². The number of ether oxygens (including phenoxy) is 2. The van der Waals surface area contributed by atoms with E-state index < -0.39 is 0 Å². The fraction of sp³-hybridized carbons (Fsp3) is 0.500. The highest BCUT2D eigenvalue weighted by Gasteiger charge is 2.08. The molecule has 2 N–H and O–H groups in total. The smallest absolute Gasteiger partial charge is 0.137 e. The van der Waals surface area contributed by atoms with Crippen molar-refractivity contribution in [2.75, 3.05) is 45.4 Å². The SMILES string of the molecule is COCCN(CCOC)c1ccc2nc(CN)cn2c1. The van der Waals surface area contributed by atoms with Gasteiger partial charge in [0.15, 0.2) is 0 Å². The number of methoxy groups -OCH3 is 2. The summed E-state index contributed by atoms with van der Waals surface area (Å²) in [6.07, 6.45) is 4.02. The molecular formula is C14H22N4O2. The lowest BCUT2D eigenvalue weighted by Gasteiger charge is -2.24. The second-order valence-electron chi connectivity index (χ2n) is 4.56. The predicted octanol–water partition coefficient (Wildman–Crippen LogP) is 0.892. The van der Waals surface area contributed by atoms with Gasteiger partial charge in [0.25, 0.3) is 0 Å². The van der Waals surface area contributed by atoms with Crippen LogP contribution in [0.3, 0.4) is 0 Å². The number of imidazole rings is 1. The Hall–Kier alpha value is -1.63. The molecule has 0 aliphatic carbocycles. The molecule has 2 heterocycles. The van der Waals surface area contributed by atoms with Crippen molar-refractivity contribution in [3.05, 3.63) is 30.2 Å². The number of rotatable bonds is 8. The largest absolute Gasteiger partial charge is 0.383 e. The quantitative estimate of drug-likeness (QED) is 0.777. The molecule has 0 aliphatic rings. The lowest BCUT2D eigenvalue weighted by Crippen LogP contribution is -2.30. The van der Waals surface area contributed by atoms with Gasteiger partial charge in [-0.25, -0.2) is 4.98 Å². The van der Waals surface area contributed by atoms with Gasteiger partial charge in [-0.05, 0) is 12.1 Å². The van der Waals surface area contributed by atoms with Crippen LogP contribution >= 0.6 is 0 Å². The van der Waals surface area contributed by atoms with Gasteiger partial charge in [0.05, 0.1) is 24.6 Å². The average Bonchev–Trinajstić information content (AvgIpc) is 2.89. The first-order valence-corrected chi connectivity index (χ1v) is 6.69. The van der Waals surface area contributed by atoms with Crippen molar-refractivity contribution in [3.63, 3.8) is 0 Å². The van der Waals surface area contributed by atoms with Gasteiger partial charge in [0.2, 0.25) is 0 Å². The molecule has 2 rings (SSSR count). The standard InChI is InChI=1S/C14H22N4O2/c1-19-7-5-17(6-8-20-2)13-3-4-14-16-12(9-15)10-18(14)11-13/h3-4,10-11H,5-9,15H2,1-2H3. The molecule has 0 unspecified atom stereocenters. The summed E-state index contributed by atoms with van der Waals surface area (Å²) in [4.78, 5) is 6.66. The van der Waals surface area contributed by atoms with Crippen molar-refractivity contribution in [3.8, 4) is 0 Å². The molecule has 0 aromatic carbocycles. The van der Waals surface area contributed by atoms with E-state index in [1.165, 1.54) is 0 Å². The molecule has 0 radical (unpaired) electrons. The number of nitrogens with zero attached hydrogens (tertiary/aromatic N) is 3. The van der Waals surface area contributed by atoms with Crippen molar-refractivity contribution in [2.45, 2.75) is 6.54 Å². The molecule has 0 amide bonds. The fourth-order valence-corrected chi connectivity index (χ4v) is 2.09. The number of aromatic nitrogens is 2. The maximum absolute atomic E-state index is 5.62. The third kappa shape index (κ3) is 3.47. The minimum absolute atomic E-state index is 0.452. The van der Waals surface area contributed by atoms with E-state index in [-0.39, 0.29) is 0 Å². The zero-order valence-corrected chi connectivity index (χ0v) is 12.1. The first-order valence-electron chi connectivity index (χ1n) is 6.69. The van der Waals surface area contributed by atoms with Crippen LogP contribution in [0, 0.1) is 0 Å². The molecule has 0 saturated carbocycles. The van der Waals surface area contributed by atoms with Crippen LogP contribution in [0.15, 0.2) is 24.5 Å². The third-order valence-corrected chi connectivity index (χ3v) is 3.19. The number of hydrogen-bond acceptors (Lipinski definition) is 5. The predicted molar refractivity (Wildman–Crippen MR) is 79.0 cm³/mol. The van der Waals surface area contributed by atoms with Gasteiger partial charge in [-0.2, -0.15) is 0 Å². The van der Waals surface area contributed by atoms with Gasteiger partial charge in [0.1, 0.15) is 5.65 Å². The Morgan fingerprint density at radius 1 is 1.15 bits per heavy atom. The van der Waals surface area contributed by atoms with Crippen LogP contribution in [0.1, 0.15) is 5.69 Å². The van der Waals surface area contributed by atoms with E-state index >= 15 is 0 Å². The Kier molecular flexibility index (Phi) is 5.34. The van der Waals surface area contributed by atoms with E-state index in [1.54, 1.807) is 14.2 Å². The summed E-state index contributed by atoms with van der Waals surface area (Å²) in [6.45, 7) is 3.46. The number of nitrogens with two attached hydrogens (primary N) is 1. The van der Waals surface area contributed by atoms with Gasteiger partial charge in [-0.1, -0.05) is 0 Å². The Bertz CT molecular complexity index is 533. The van der Waals surface area contributed by atoms with E-state index in [1.807, 2.05) is 16.7 Å². The maximum Gasteiger partial charge on any atom is 0.137 e. The summed E-state index contributed by atoms with van der Waals surface area (Å²) < 4.78 is 12.3. The molecular weight excluding hydrogens is 256 g/mol. The Morgan fingerprint density at radius 2 is 1.85 bits per heavy atom. The summed E-state index contributed by atoms with van der Waals surface area (Å²) in [5, 5.41) is 0. The number of hydrogen-bond donors (Lipinski definition) is 1.